The molecule has 1 aliphatic rings. The standard InChI is InChI=1S/C21H20O2/c1-14-7-9-15(10-8-14)16-11-12-20-18(13-16)21(22)17-5-3-2-4-6-19(17)23-20/h7-13H,2-6H2,1H3. The van der Waals surface area contributed by atoms with Crippen molar-refractivity contribution in [1.29, 1.82) is 0 Å². The zero-order valence-corrected chi connectivity index (χ0v) is 13.4. The number of rotatable bonds is 1. The van der Waals surface area contributed by atoms with Gasteiger partial charge in [-0.1, -0.05) is 42.3 Å². The second kappa shape index (κ2) is 5.69. The first-order valence-electron chi connectivity index (χ1n) is 8.38. The van der Waals surface area contributed by atoms with Crippen LogP contribution >= 0.6 is 0 Å². The summed E-state index contributed by atoms with van der Waals surface area (Å²) in [7, 11) is 0. The molecular weight excluding hydrogens is 284 g/mol. The first-order chi connectivity index (χ1) is 11.2. The normalized spacial score (nSPS) is 14.5. The lowest BCUT2D eigenvalue weighted by Crippen LogP contribution is -2.11. The molecular formula is C21H20O2. The van der Waals surface area contributed by atoms with Gasteiger partial charge in [0.05, 0.1) is 5.39 Å². The van der Waals surface area contributed by atoms with E-state index in [9.17, 15) is 4.79 Å². The van der Waals surface area contributed by atoms with Gasteiger partial charge in [-0.25, -0.2) is 0 Å². The average molecular weight is 304 g/mol. The quantitative estimate of drug-likeness (QED) is 0.590. The molecule has 0 radical (unpaired) electrons. The molecule has 0 amide bonds. The van der Waals surface area contributed by atoms with Crippen LogP contribution in [-0.4, -0.2) is 0 Å². The molecule has 0 aliphatic heterocycles. The summed E-state index contributed by atoms with van der Waals surface area (Å²) < 4.78 is 6.06. The minimum absolute atomic E-state index is 0.164. The number of hydrogen-bond acceptors (Lipinski definition) is 2. The van der Waals surface area contributed by atoms with Crippen LogP contribution in [0.1, 0.15) is 36.1 Å². The SMILES string of the molecule is Cc1ccc(-c2ccc3oc4c(c(=O)c3c2)CCCCC4)cc1. The van der Waals surface area contributed by atoms with Crippen LogP contribution in [0.5, 0.6) is 0 Å². The van der Waals surface area contributed by atoms with E-state index in [1.165, 1.54) is 12.0 Å². The molecule has 0 unspecified atom stereocenters. The molecule has 0 N–H and O–H groups in total. The molecule has 4 rings (SSSR count). The Morgan fingerprint density at radius 1 is 0.870 bits per heavy atom. The summed E-state index contributed by atoms with van der Waals surface area (Å²) in [5.41, 5.74) is 5.21. The van der Waals surface area contributed by atoms with Crippen molar-refractivity contribution in [3.05, 3.63) is 69.6 Å². The number of aryl methyl sites for hydroxylation is 2. The first kappa shape index (κ1) is 14.3. The summed E-state index contributed by atoms with van der Waals surface area (Å²) in [5, 5.41) is 0.712. The lowest BCUT2D eigenvalue weighted by molar-refractivity contribution is 0.525. The van der Waals surface area contributed by atoms with Crippen LogP contribution in [0, 0.1) is 6.92 Å². The van der Waals surface area contributed by atoms with Gasteiger partial charge in [-0.15, -0.1) is 0 Å². The van der Waals surface area contributed by atoms with Crippen LogP contribution in [0.4, 0.5) is 0 Å². The zero-order valence-electron chi connectivity index (χ0n) is 13.4. The van der Waals surface area contributed by atoms with E-state index >= 15 is 0 Å². The van der Waals surface area contributed by atoms with E-state index in [-0.39, 0.29) is 5.43 Å². The molecule has 2 nitrogen and oxygen atoms in total. The highest BCUT2D eigenvalue weighted by atomic mass is 16.3. The second-order valence-corrected chi connectivity index (χ2v) is 6.47. The van der Waals surface area contributed by atoms with E-state index in [0.717, 1.165) is 48.1 Å². The fourth-order valence-electron chi connectivity index (χ4n) is 3.42. The van der Waals surface area contributed by atoms with E-state index in [1.54, 1.807) is 0 Å². The van der Waals surface area contributed by atoms with E-state index in [2.05, 4.69) is 31.2 Å². The van der Waals surface area contributed by atoms with Crippen molar-refractivity contribution in [3.63, 3.8) is 0 Å². The Kier molecular flexibility index (Phi) is 3.53. The van der Waals surface area contributed by atoms with Crippen LogP contribution in [0.15, 0.2) is 51.7 Å². The maximum absolute atomic E-state index is 12.9. The number of benzene rings is 2. The fourth-order valence-corrected chi connectivity index (χ4v) is 3.42. The van der Waals surface area contributed by atoms with Crippen molar-refractivity contribution in [2.45, 2.75) is 39.0 Å². The van der Waals surface area contributed by atoms with Crippen molar-refractivity contribution in [2.24, 2.45) is 0 Å². The van der Waals surface area contributed by atoms with Crippen molar-refractivity contribution in [1.82, 2.24) is 0 Å². The molecule has 116 valence electrons. The molecule has 2 heteroatoms. The van der Waals surface area contributed by atoms with Gasteiger partial charge in [-0.2, -0.15) is 0 Å². The van der Waals surface area contributed by atoms with Crippen LogP contribution < -0.4 is 5.43 Å². The molecule has 2 aromatic carbocycles. The van der Waals surface area contributed by atoms with Crippen LogP contribution in [-0.2, 0) is 12.8 Å². The molecule has 1 aliphatic carbocycles. The molecule has 0 saturated heterocycles. The summed E-state index contributed by atoms with van der Waals surface area (Å²) >= 11 is 0. The molecule has 1 heterocycles. The van der Waals surface area contributed by atoms with Gasteiger partial charge >= 0.3 is 0 Å². The zero-order chi connectivity index (χ0) is 15.8. The Morgan fingerprint density at radius 3 is 2.43 bits per heavy atom. The molecule has 1 aromatic heterocycles. The van der Waals surface area contributed by atoms with Gasteiger partial charge in [0.25, 0.3) is 0 Å². The van der Waals surface area contributed by atoms with Crippen molar-refractivity contribution < 1.29 is 4.42 Å². The largest absolute Gasteiger partial charge is 0.461 e. The lowest BCUT2D eigenvalue weighted by atomic mass is 10.0. The Bertz CT molecular complexity index is 917. The topological polar surface area (TPSA) is 30.2 Å². The summed E-state index contributed by atoms with van der Waals surface area (Å²) in [4.78, 5) is 12.9. The predicted molar refractivity (Wildman–Crippen MR) is 93.9 cm³/mol. The molecule has 0 saturated carbocycles. The molecule has 23 heavy (non-hydrogen) atoms. The Morgan fingerprint density at radius 2 is 1.61 bits per heavy atom. The molecule has 0 spiro atoms. The van der Waals surface area contributed by atoms with E-state index in [0.29, 0.717) is 11.0 Å². The fraction of sp³-hybridized carbons (Fsp3) is 0.286. The third kappa shape index (κ3) is 2.59. The molecule has 0 bridgehead atoms. The summed E-state index contributed by atoms with van der Waals surface area (Å²) in [6.07, 6.45) is 5.11. The summed E-state index contributed by atoms with van der Waals surface area (Å²) in [5.74, 6) is 0.906. The maximum Gasteiger partial charge on any atom is 0.196 e. The lowest BCUT2D eigenvalue weighted by Gasteiger charge is -2.08. The first-order valence-corrected chi connectivity index (χ1v) is 8.38. The third-order valence-corrected chi connectivity index (χ3v) is 4.78. The van der Waals surface area contributed by atoms with E-state index in [4.69, 9.17) is 4.42 Å². The van der Waals surface area contributed by atoms with Gasteiger partial charge in [-0.3, -0.25) is 4.79 Å². The highest BCUT2D eigenvalue weighted by Crippen LogP contribution is 2.27. The van der Waals surface area contributed by atoms with Crippen molar-refractivity contribution in [3.8, 4) is 11.1 Å². The minimum atomic E-state index is 0.164. The Balaban J connectivity index is 1.90. The summed E-state index contributed by atoms with van der Waals surface area (Å²) in [6, 6.07) is 14.4. The second-order valence-electron chi connectivity index (χ2n) is 6.47. The van der Waals surface area contributed by atoms with E-state index in [1.807, 2.05) is 18.2 Å². The molecule has 0 atom stereocenters. The molecule has 3 aromatic rings. The Labute approximate surface area is 135 Å². The maximum atomic E-state index is 12.9. The van der Waals surface area contributed by atoms with Crippen LogP contribution in [0.2, 0.25) is 0 Å². The smallest absolute Gasteiger partial charge is 0.196 e. The van der Waals surface area contributed by atoms with Gasteiger partial charge < -0.3 is 4.42 Å². The van der Waals surface area contributed by atoms with Crippen LogP contribution in [0.3, 0.4) is 0 Å². The highest BCUT2D eigenvalue weighted by Gasteiger charge is 2.17. The minimum Gasteiger partial charge on any atom is -0.461 e. The third-order valence-electron chi connectivity index (χ3n) is 4.78. The van der Waals surface area contributed by atoms with Gasteiger partial charge in [0.15, 0.2) is 5.43 Å². The van der Waals surface area contributed by atoms with Gasteiger partial charge in [0.1, 0.15) is 11.3 Å². The van der Waals surface area contributed by atoms with E-state index < -0.39 is 0 Å². The monoisotopic (exact) mass is 304 g/mol. The Hall–Kier alpha value is -2.35. The average Bonchev–Trinajstić information content (AvgIpc) is 2.81. The van der Waals surface area contributed by atoms with Crippen molar-refractivity contribution in [2.75, 3.05) is 0 Å². The van der Waals surface area contributed by atoms with Gasteiger partial charge in [0, 0.05) is 12.0 Å². The van der Waals surface area contributed by atoms with Crippen LogP contribution in [0.25, 0.3) is 22.1 Å². The number of fused-ring (bicyclic) bond motifs is 2. The number of hydrogen-bond donors (Lipinski definition) is 0. The molecule has 0 fully saturated rings. The highest BCUT2D eigenvalue weighted by molar-refractivity contribution is 5.83. The predicted octanol–water partition coefficient (Wildman–Crippen LogP) is 5.04. The van der Waals surface area contributed by atoms with Gasteiger partial charge in [-0.05, 0) is 49.4 Å². The summed E-state index contributed by atoms with van der Waals surface area (Å²) in [6.45, 7) is 2.08. The van der Waals surface area contributed by atoms with Gasteiger partial charge in [0.2, 0.25) is 0 Å². The van der Waals surface area contributed by atoms with Crippen molar-refractivity contribution >= 4 is 11.0 Å².